The molecule has 5 heteroatoms. The summed E-state index contributed by atoms with van der Waals surface area (Å²) < 4.78 is 0. The van der Waals surface area contributed by atoms with Crippen LogP contribution in [0.3, 0.4) is 0 Å². The highest BCUT2D eigenvalue weighted by molar-refractivity contribution is 6.33. The first-order valence-electron chi connectivity index (χ1n) is 5.90. The number of aryl methyl sites for hydroxylation is 1. The van der Waals surface area contributed by atoms with Crippen molar-refractivity contribution in [2.24, 2.45) is 11.7 Å². The summed E-state index contributed by atoms with van der Waals surface area (Å²) in [6.07, 6.45) is 2.83. The van der Waals surface area contributed by atoms with Crippen LogP contribution in [0.15, 0.2) is 18.2 Å². The Morgan fingerprint density at radius 3 is 2.78 bits per heavy atom. The summed E-state index contributed by atoms with van der Waals surface area (Å²) in [7, 11) is 0. The van der Waals surface area contributed by atoms with Crippen LogP contribution in [-0.2, 0) is 4.79 Å². The minimum absolute atomic E-state index is 0. The van der Waals surface area contributed by atoms with E-state index in [1.807, 2.05) is 19.1 Å². The molecule has 1 saturated carbocycles. The molecule has 3 nitrogen and oxygen atoms in total. The van der Waals surface area contributed by atoms with Gasteiger partial charge in [-0.15, -0.1) is 12.4 Å². The first kappa shape index (κ1) is 15.3. The maximum Gasteiger partial charge on any atom is 0.229 e. The van der Waals surface area contributed by atoms with Gasteiger partial charge in [0, 0.05) is 6.04 Å². The minimum Gasteiger partial charge on any atom is -0.327 e. The van der Waals surface area contributed by atoms with Gasteiger partial charge >= 0.3 is 0 Å². The smallest absolute Gasteiger partial charge is 0.229 e. The average molecular weight is 289 g/mol. The lowest BCUT2D eigenvalue weighted by atomic mass is 10.0. The SMILES string of the molecule is Cc1ccc(Cl)c(NC(=O)C2CCCC2N)c1.Cl. The van der Waals surface area contributed by atoms with E-state index in [-0.39, 0.29) is 30.3 Å². The third kappa shape index (κ3) is 3.37. The van der Waals surface area contributed by atoms with Crippen molar-refractivity contribution in [3.8, 4) is 0 Å². The molecule has 0 aliphatic heterocycles. The van der Waals surface area contributed by atoms with Crippen molar-refractivity contribution in [1.29, 1.82) is 0 Å². The lowest BCUT2D eigenvalue weighted by molar-refractivity contribution is -0.120. The van der Waals surface area contributed by atoms with E-state index in [4.69, 9.17) is 17.3 Å². The number of hydrogen-bond donors (Lipinski definition) is 2. The molecule has 18 heavy (non-hydrogen) atoms. The summed E-state index contributed by atoms with van der Waals surface area (Å²) in [5.74, 6) is -0.0888. The maximum atomic E-state index is 12.0. The molecule has 2 unspecified atom stereocenters. The van der Waals surface area contributed by atoms with Crippen LogP contribution in [-0.4, -0.2) is 11.9 Å². The number of amides is 1. The van der Waals surface area contributed by atoms with Gasteiger partial charge in [0.25, 0.3) is 0 Å². The lowest BCUT2D eigenvalue weighted by Gasteiger charge is -2.16. The number of hydrogen-bond acceptors (Lipinski definition) is 2. The molecule has 1 fully saturated rings. The first-order chi connectivity index (χ1) is 8.08. The second-order valence-corrected chi connectivity index (χ2v) is 5.08. The Morgan fingerprint density at radius 1 is 1.44 bits per heavy atom. The highest BCUT2D eigenvalue weighted by Gasteiger charge is 2.30. The second-order valence-electron chi connectivity index (χ2n) is 4.67. The predicted octanol–water partition coefficient (Wildman–Crippen LogP) is 3.14. The van der Waals surface area contributed by atoms with Crippen LogP contribution in [0.25, 0.3) is 0 Å². The van der Waals surface area contributed by atoms with Crippen LogP contribution < -0.4 is 11.1 Å². The second kappa shape index (κ2) is 6.41. The molecule has 1 aliphatic rings. The molecule has 1 aliphatic carbocycles. The van der Waals surface area contributed by atoms with Gasteiger partial charge in [-0.1, -0.05) is 24.1 Å². The number of carbonyl (C=O) groups is 1. The summed E-state index contributed by atoms with van der Waals surface area (Å²) in [6.45, 7) is 1.97. The van der Waals surface area contributed by atoms with Crippen LogP contribution in [0, 0.1) is 12.8 Å². The van der Waals surface area contributed by atoms with Crippen molar-refractivity contribution in [1.82, 2.24) is 0 Å². The van der Waals surface area contributed by atoms with Crippen molar-refractivity contribution in [3.63, 3.8) is 0 Å². The summed E-state index contributed by atoms with van der Waals surface area (Å²) in [4.78, 5) is 12.0. The summed E-state index contributed by atoms with van der Waals surface area (Å²) >= 11 is 6.04. The largest absolute Gasteiger partial charge is 0.327 e. The number of halogens is 2. The van der Waals surface area contributed by atoms with Gasteiger partial charge in [0.1, 0.15) is 0 Å². The van der Waals surface area contributed by atoms with Crippen molar-refractivity contribution in [3.05, 3.63) is 28.8 Å². The number of rotatable bonds is 2. The molecule has 100 valence electrons. The Kier molecular flexibility index (Phi) is 5.45. The maximum absolute atomic E-state index is 12.0. The number of benzene rings is 1. The molecule has 0 aromatic heterocycles. The molecule has 2 rings (SSSR count). The molecule has 3 N–H and O–H groups in total. The van der Waals surface area contributed by atoms with Crippen LogP contribution in [0.4, 0.5) is 5.69 Å². The van der Waals surface area contributed by atoms with Crippen molar-refractivity contribution < 1.29 is 4.79 Å². The zero-order valence-corrected chi connectivity index (χ0v) is 11.9. The lowest BCUT2D eigenvalue weighted by Crippen LogP contribution is -2.34. The Morgan fingerprint density at radius 2 is 2.17 bits per heavy atom. The third-order valence-electron chi connectivity index (χ3n) is 3.29. The molecule has 0 radical (unpaired) electrons. The van der Waals surface area contributed by atoms with Crippen molar-refractivity contribution >= 4 is 35.6 Å². The standard InChI is InChI=1S/C13H17ClN2O.ClH/c1-8-5-6-10(14)12(7-8)16-13(17)9-3-2-4-11(9)15;/h5-7,9,11H,2-4,15H2,1H3,(H,16,17);1H. The van der Waals surface area contributed by atoms with Gasteiger partial charge in [-0.05, 0) is 37.5 Å². The van der Waals surface area contributed by atoms with Crippen LogP contribution in [0.2, 0.25) is 5.02 Å². The highest BCUT2D eigenvalue weighted by Crippen LogP contribution is 2.28. The van der Waals surface area contributed by atoms with Crippen LogP contribution >= 0.6 is 24.0 Å². The molecule has 1 aromatic rings. The fraction of sp³-hybridized carbons (Fsp3) is 0.462. The van der Waals surface area contributed by atoms with Crippen LogP contribution in [0.5, 0.6) is 0 Å². The molecule has 0 bridgehead atoms. The summed E-state index contributed by atoms with van der Waals surface area (Å²) in [5.41, 5.74) is 7.65. The molecular weight excluding hydrogens is 271 g/mol. The molecular formula is C13H18Cl2N2O. The van der Waals surface area contributed by atoms with E-state index in [1.54, 1.807) is 6.07 Å². The fourth-order valence-electron chi connectivity index (χ4n) is 2.27. The zero-order valence-electron chi connectivity index (χ0n) is 10.3. The van der Waals surface area contributed by atoms with Gasteiger partial charge < -0.3 is 11.1 Å². The summed E-state index contributed by atoms with van der Waals surface area (Å²) in [5, 5.41) is 3.44. The molecule has 0 saturated heterocycles. The Bertz CT molecular complexity index is 437. The van der Waals surface area contributed by atoms with Gasteiger partial charge in [0.05, 0.1) is 16.6 Å². The van der Waals surface area contributed by atoms with E-state index in [9.17, 15) is 4.79 Å². The normalized spacial score (nSPS) is 22.4. The number of anilines is 1. The van der Waals surface area contributed by atoms with E-state index in [1.165, 1.54) is 0 Å². The van der Waals surface area contributed by atoms with Gasteiger partial charge in [-0.2, -0.15) is 0 Å². The quantitative estimate of drug-likeness (QED) is 0.878. The minimum atomic E-state index is -0.0772. The van der Waals surface area contributed by atoms with Crippen LogP contribution in [0.1, 0.15) is 24.8 Å². The third-order valence-corrected chi connectivity index (χ3v) is 3.62. The van der Waals surface area contributed by atoms with E-state index in [0.717, 1.165) is 24.8 Å². The Hall–Kier alpha value is -0.770. The average Bonchev–Trinajstić information content (AvgIpc) is 2.70. The topological polar surface area (TPSA) is 55.1 Å². The highest BCUT2D eigenvalue weighted by atomic mass is 35.5. The van der Waals surface area contributed by atoms with Gasteiger partial charge in [0.15, 0.2) is 0 Å². The Labute approximate surface area is 118 Å². The fourth-order valence-corrected chi connectivity index (χ4v) is 2.44. The van der Waals surface area contributed by atoms with Crippen molar-refractivity contribution in [2.45, 2.75) is 32.2 Å². The molecule has 0 spiro atoms. The van der Waals surface area contributed by atoms with E-state index >= 15 is 0 Å². The zero-order chi connectivity index (χ0) is 12.4. The molecule has 1 amide bonds. The van der Waals surface area contributed by atoms with Crippen molar-refractivity contribution in [2.75, 3.05) is 5.32 Å². The summed E-state index contributed by atoms with van der Waals surface area (Å²) in [6, 6.07) is 5.57. The van der Waals surface area contributed by atoms with Gasteiger partial charge in [-0.3, -0.25) is 4.79 Å². The monoisotopic (exact) mass is 288 g/mol. The van der Waals surface area contributed by atoms with E-state index in [0.29, 0.717) is 10.7 Å². The van der Waals surface area contributed by atoms with Gasteiger partial charge in [0.2, 0.25) is 5.91 Å². The van der Waals surface area contributed by atoms with Gasteiger partial charge in [-0.25, -0.2) is 0 Å². The molecule has 1 aromatic carbocycles. The Balaban J connectivity index is 0.00000162. The number of carbonyl (C=O) groups excluding carboxylic acids is 1. The molecule has 0 heterocycles. The van der Waals surface area contributed by atoms with E-state index in [2.05, 4.69) is 5.32 Å². The number of nitrogens with one attached hydrogen (secondary N) is 1. The predicted molar refractivity (Wildman–Crippen MR) is 77.4 cm³/mol. The molecule has 2 atom stereocenters. The number of nitrogens with two attached hydrogens (primary N) is 1. The van der Waals surface area contributed by atoms with E-state index < -0.39 is 0 Å². The first-order valence-corrected chi connectivity index (χ1v) is 6.28.